The van der Waals surface area contributed by atoms with E-state index in [1.807, 2.05) is 30.3 Å². The lowest BCUT2D eigenvalue weighted by molar-refractivity contribution is 0.0956. The molecule has 1 amide bonds. The molecule has 9 nitrogen and oxygen atoms in total. The summed E-state index contributed by atoms with van der Waals surface area (Å²) in [5.41, 5.74) is 5.52. The fourth-order valence-corrected chi connectivity index (χ4v) is 3.89. The minimum absolute atomic E-state index is 0.405. The number of aromatic nitrogens is 1. The molecule has 0 atom stereocenters. The van der Waals surface area contributed by atoms with Crippen molar-refractivity contribution in [2.75, 3.05) is 35.5 Å². The molecule has 0 unspecified atom stereocenters. The summed E-state index contributed by atoms with van der Waals surface area (Å²) in [4.78, 5) is 18.1. The van der Waals surface area contributed by atoms with Gasteiger partial charge in [0.25, 0.3) is 5.91 Å². The Bertz CT molecular complexity index is 1470. The minimum atomic E-state index is -0.405. The number of nitrogens with one attached hydrogen (secondary N) is 1. The van der Waals surface area contributed by atoms with E-state index in [1.54, 1.807) is 51.7 Å². The Morgan fingerprint density at radius 1 is 0.784 bits per heavy atom. The zero-order chi connectivity index (χ0) is 26.4. The van der Waals surface area contributed by atoms with E-state index >= 15 is 0 Å². The minimum Gasteiger partial charge on any atom is -0.497 e. The van der Waals surface area contributed by atoms with Crippen molar-refractivity contribution in [3.63, 3.8) is 0 Å². The van der Waals surface area contributed by atoms with Crippen LogP contribution < -0.4 is 29.1 Å². The molecule has 0 fully saturated rings. The number of para-hydroxylation sites is 1. The number of rotatable bonds is 9. The molecule has 0 saturated carbocycles. The van der Waals surface area contributed by atoms with Gasteiger partial charge >= 0.3 is 0 Å². The normalized spacial score (nSPS) is 10.8. The monoisotopic (exact) mass is 501 g/mol. The highest BCUT2D eigenvalue weighted by molar-refractivity contribution is 6.07. The first-order valence-corrected chi connectivity index (χ1v) is 11.3. The van der Waals surface area contributed by atoms with Crippen molar-refractivity contribution in [2.45, 2.75) is 0 Å². The van der Waals surface area contributed by atoms with Crippen LogP contribution in [-0.4, -0.2) is 52.7 Å². The van der Waals surface area contributed by atoms with Gasteiger partial charge in [0.15, 0.2) is 11.5 Å². The summed E-state index contributed by atoms with van der Waals surface area (Å²) in [5, 5.41) is 4.85. The van der Waals surface area contributed by atoms with Crippen molar-refractivity contribution in [2.24, 2.45) is 5.10 Å². The van der Waals surface area contributed by atoms with Crippen LogP contribution in [0.3, 0.4) is 0 Å². The maximum absolute atomic E-state index is 13.3. The van der Waals surface area contributed by atoms with Gasteiger partial charge in [-0.15, -0.1) is 0 Å². The number of nitrogens with zero attached hydrogens (tertiary/aromatic N) is 2. The summed E-state index contributed by atoms with van der Waals surface area (Å²) >= 11 is 0. The number of carbonyl (C=O) groups is 1. The average molecular weight is 502 g/mol. The summed E-state index contributed by atoms with van der Waals surface area (Å²) in [5.74, 6) is 2.38. The number of hydrazone groups is 1. The summed E-state index contributed by atoms with van der Waals surface area (Å²) in [6.07, 6.45) is 1.48. The van der Waals surface area contributed by atoms with Crippen molar-refractivity contribution >= 4 is 23.0 Å². The van der Waals surface area contributed by atoms with E-state index in [0.29, 0.717) is 62.0 Å². The van der Waals surface area contributed by atoms with Gasteiger partial charge < -0.3 is 23.7 Å². The summed E-state index contributed by atoms with van der Waals surface area (Å²) < 4.78 is 27.0. The molecule has 0 spiro atoms. The van der Waals surface area contributed by atoms with Crippen molar-refractivity contribution in [3.05, 3.63) is 71.8 Å². The van der Waals surface area contributed by atoms with Crippen molar-refractivity contribution in [1.29, 1.82) is 0 Å². The maximum atomic E-state index is 13.3. The Labute approximate surface area is 214 Å². The van der Waals surface area contributed by atoms with Gasteiger partial charge in [-0.1, -0.05) is 18.2 Å². The predicted molar refractivity (Wildman–Crippen MR) is 141 cm³/mol. The molecular formula is C28H27N3O6. The van der Waals surface area contributed by atoms with Crippen molar-refractivity contribution in [1.82, 2.24) is 10.4 Å². The molecule has 37 heavy (non-hydrogen) atoms. The van der Waals surface area contributed by atoms with Crippen LogP contribution in [-0.2, 0) is 0 Å². The highest BCUT2D eigenvalue weighted by atomic mass is 16.5. The maximum Gasteiger partial charge on any atom is 0.272 e. The molecule has 0 bridgehead atoms. The highest BCUT2D eigenvalue weighted by Gasteiger charge is 2.17. The second kappa shape index (κ2) is 11.3. The van der Waals surface area contributed by atoms with Gasteiger partial charge in [-0.25, -0.2) is 10.4 Å². The molecule has 190 valence electrons. The van der Waals surface area contributed by atoms with Gasteiger partial charge in [0.1, 0.15) is 17.2 Å². The molecule has 0 radical (unpaired) electrons. The number of fused-ring (bicyclic) bond motifs is 1. The number of hydrogen-bond acceptors (Lipinski definition) is 8. The van der Waals surface area contributed by atoms with Gasteiger partial charge in [0, 0.05) is 22.6 Å². The number of amides is 1. The van der Waals surface area contributed by atoms with Gasteiger partial charge in [0.2, 0.25) is 0 Å². The number of ether oxygens (including phenoxy) is 5. The first-order valence-electron chi connectivity index (χ1n) is 11.3. The van der Waals surface area contributed by atoms with E-state index in [-0.39, 0.29) is 0 Å². The van der Waals surface area contributed by atoms with Gasteiger partial charge in [-0.3, -0.25) is 4.79 Å². The zero-order valence-electron chi connectivity index (χ0n) is 21.2. The Balaban J connectivity index is 1.71. The Hall–Kier alpha value is -4.79. The number of pyridine rings is 1. The van der Waals surface area contributed by atoms with Gasteiger partial charge in [-0.05, 0) is 36.4 Å². The van der Waals surface area contributed by atoms with Crippen molar-refractivity contribution in [3.8, 4) is 40.0 Å². The fraction of sp³-hybridized carbons (Fsp3) is 0.179. The third-order valence-corrected chi connectivity index (χ3v) is 5.75. The van der Waals surface area contributed by atoms with Crippen LogP contribution in [0.1, 0.15) is 15.9 Å². The standard InChI is InChI=1S/C28H27N3O6/c1-33-18-10-11-24(34-2)21(13-18)23-14-20(19-8-6-7-9-22(19)30-23)28(32)31-29-16-17-12-26(36-4)27(37-5)15-25(17)35-3/h6-16H,1-5H3,(H,31,32)/b29-16-. The number of benzene rings is 3. The Morgan fingerprint density at radius 2 is 1.49 bits per heavy atom. The molecular weight excluding hydrogens is 474 g/mol. The first kappa shape index (κ1) is 25.3. The topological polar surface area (TPSA) is 101 Å². The molecule has 1 aromatic heterocycles. The molecule has 0 aliphatic carbocycles. The molecule has 9 heteroatoms. The molecule has 3 aromatic carbocycles. The number of hydrogen-bond donors (Lipinski definition) is 1. The van der Waals surface area contributed by atoms with E-state index in [0.717, 1.165) is 0 Å². The second-order valence-corrected chi connectivity index (χ2v) is 7.79. The van der Waals surface area contributed by atoms with Crippen LogP contribution in [0.2, 0.25) is 0 Å². The van der Waals surface area contributed by atoms with Crippen LogP contribution >= 0.6 is 0 Å². The molecule has 0 saturated heterocycles. The largest absolute Gasteiger partial charge is 0.497 e. The van der Waals surface area contributed by atoms with E-state index < -0.39 is 5.91 Å². The van der Waals surface area contributed by atoms with Crippen LogP contribution in [0.5, 0.6) is 28.7 Å². The lowest BCUT2D eigenvalue weighted by Gasteiger charge is -2.13. The molecule has 1 heterocycles. The zero-order valence-corrected chi connectivity index (χ0v) is 21.2. The predicted octanol–water partition coefficient (Wildman–Crippen LogP) is 4.71. The van der Waals surface area contributed by atoms with Crippen LogP contribution in [0.15, 0.2) is 65.8 Å². The van der Waals surface area contributed by atoms with E-state index in [1.165, 1.54) is 20.4 Å². The molecule has 0 aliphatic heterocycles. The SMILES string of the molecule is COc1ccc(OC)c(-c2cc(C(=O)N/N=C\c3cc(OC)c(OC)cc3OC)c3ccccc3n2)c1. The smallest absolute Gasteiger partial charge is 0.272 e. The third kappa shape index (κ3) is 5.25. The summed E-state index contributed by atoms with van der Waals surface area (Å²) in [6.45, 7) is 0. The molecule has 1 N–H and O–H groups in total. The van der Waals surface area contributed by atoms with Gasteiger partial charge in [-0.2, -0.15) is 5.10 Å². The van der Waals surface area contributed by atoms with E-state index in [4.69, 9.17) is 28.7 Å². The van der Waals surface area contributed by atoms with Crippen LogP contribution in [0.25, 0.3) is 22.2 Å². The van der Waals surface area contributed by atoms with Crippen LogP contribution in [0, 0.1) is 0 Å². The molecule has 4 aromatic rings. The average Bonchev–Trinajstić information content (AvgIpc) is 2.95. The van der Waals surface area contributed by atoms with E-state index in [9.17, 15) is 4.79 Å². The fourth-order valence-electron chi connectivity index (χ4n) is 3.89. The van der Waals surface area contributed by atoms with Crippen LogP contribution in [0.4, 0.5) is 0 Å². The van der Waals surface area contributed by atoms with Gasteiger partial charge in [0.05, 0.1) is 58.5 Å². The Morgan fingerprint density at radius 3 is 2.19 bits per heavy atom. The first-order chi connectivity index (χ1) is 18.0. The lowest BCUT2D eigenvalue weighted by atomic mass is 10.0. The lowest BCUT2D eigenvalue weighted by Crippen LogP contribution is -2.18. The molecule has 4 rings (SSSR count). The van der Waals surface area contributed by atoms with Crippen molar-refractivity contribution < 1.29 is 28.5 Å². The summed E-state index contributed by atoms with van der Waals surface area (Å²) in [6, 6.07) is 17.9. The second-order valence-electron chi connectivity index (χ2n) is 7.79. The highest BCUT2D eigenvalue weighted by Crippen LogP contribution is 2.35. The number of carbonyl (C=O) groups excluding carboxylic acids is 1. The summed E-state index contributed by atoms with van der Waals surface area (Å²) in [7, 11) is 7.78. The molecule has 0 aliphatic rings. The Kier molecular flexibility index (Phi) is 7.73. The third-order valence-electron chi connectivity index (χ3n) is 5.75. The quantitative estimate of drug-likeness (QED) is 0.262. The van der Waals surface area contributed by atoms with E-state index in [2.05, 4.69) is 10.5 Å². The number of methoxy groups -OCH3 is 5.